The van der Waals surface area contributed by atoms with Gasteiger partial charge in [0, 0.05) is 102 Å². The van der Waals surface area contributed by atoms with Crippen LogP contribution < -0.4 is 5.46 Å². The smallest absolute Gasteiger partial charge is 0.456 e. The number of rotatable bonds is 6. The summed E-state index contributed by atoms with van der Waals surface area (Å²) in [6, 6.07) is 113. The third kappa shape index (κ3) is 9.81. The van der Waals surface area contributed by atoms with Crippen LogP contribution in [0.15, 0.2) is 359 Å². The van der Waals surface area contributed by atoms with Crippen molar-refractivity contribution >= 4 is 204 Å². The van der Waals surface area contributed by atoms with E-state index in [2.05, 4.69) is 286 Å². The van der Waals surface area contributed by atoms with Crippen molar-refractivity contribution in [2.24, 2.45) is 0 Å². The SMILES string of the molecule is Brc1ccc2oc3c(ccc4c5cc(-n6c7ccccc7c7ccccc76)ccc5oc43)c2c1.OB(O)c1ccc2oc3ccc(-c4ccccc4)cc3c2c1.c1ccc(-c2ccc3oc4ccc(-c5ccc6oc7c(ccc8c9cc(-n%10c%11ccccc%11c%11ccccc%11%10)ccc9oc87)c6c5)cc4c3c2)cc1. The van der Waals surface area contributed by atoms with Crippen molar-refractivity contribution in [3.05, 3.63) is 332 Å². The number of hydrogen-bond donors (Lipinski definition) is 2. The summed E-state index contributed by atoms with van der Waals surface area (Å²) in [4.78, 5) is 0. The molecule has 508 valence electrons. The van der Waals surface area contributed by atoms with E-state index in [-0.39, 0.29) is 0 Å². The molecule has 12 heteroatoms. The maximum atomic E-state index is 9.35. The molecule has 24 aromatic rings. The summed E-state index contributed by atoms with van der Waals surface area (Å²) in [5.74, 6) is 0. The van der Waals surface area contributed by atoms with Gasteiger partial charge >= 0.3 is 7.12 Å². The molecule has 0 aliphatic heterocycles. The number of fused-ring (bicyclic) bond motifs is 26. The van der Waals surface area contributed by atoms with Crippen LogP contribution in [-0.4, -0.2) is 26.3 Å². The molecule has 0 saturated carbocycles. The van der Waals surface area contributed by atoms with Crippen LogP contribution in [0.2, 0.25) is 0 Å². The van der Waals surface area contributed by atoms with Gasteiger partial charge in [-0.2, -0.15) is 0 Å². The van der Waals surface area contributed by atoms with E-state index < -0.39 is 7.12 Å². The zero-order chi connectivity index (χ0) is 71.4. The molecule has 0 amide bonds. The van der Waals surface area contributed by atoms with Crippen LogP contribution in [0.3, 0.4) is 0 Å². The Morgan fingerprint density at radius 2 is 0.491 bits per heavy atom. The Kier molecular flexibility index (Phi) is 13.9. The molecule has 10 nitrogen and oxygen atoms in total. The molecule has 0 radical (unpaired) electrons. The highest BCUT2D eigenvalue weighted by Gasteiger charge is 2.23. The molecular weight excluding hydrogens is 1400 g/mol. The molecule has 16 aromatic carbocycles. The Hall–Kier alpha value is -13.6. The summed E-state index contributed by atoms with van der Waals surface area (Å²) in [5.41, 5.74) is 24.1. The van der Waals surface area contributed by atoms with E-state index >= 15 is 0 Å². The number of benzene rings is 16. The molecular formula is C96H56BBrN2O8. The first-order valence-electron chi connectivity index (χ1n) is 35.9. The van der Waals surface area contributed by atoms with Gasteiger partial charge in [0.1, 0.15) is 44.7 Å². The van der Waals surface area contributed by atoms with Crippen LogP contribution in [0.5, 0.6) is 0 Å². The van der Waals surface area contributed by atoms with E-state index in [4.69, 9.17) is 26.5 Å². The van der Waals surface area contributed by atoms with E-state index in [1.54, 1.807) is 18.2 Å². The minimum Gasteiger partial charge on any atom is -0.456 e. The first-order valence-corrected chi connectivity index (χ1v) is 36.7. The molecule has 0 saturated heterocycles. The molecule has 0 bridgehead atoms. The van der Waals surface area contributed by atoms with Crippen molar-refractivity contribution in [1.29, 1.82) is 0 Å². The van der Waals surface area contributed by atoms with Gasteiger partial charge in [0.15, 0.2) is 22.3 Å². The summed E-state index contributed by atoms with van der Waals surface area (Å²) >= 11 is 3.57. The molecule has 8 aromatic heterocycles. The Balaban J connectivity index is 0.000000110. The summed E-state index contributed by atoms with van der Waals surface area (Å²) in [5, 5.41) is 36.3. The van der Waals surface area contributed by atoms with Crippen LogP contribution in [0.25, 0.3) is 220 Å². The average molecular weight is 1460 g/mol. The molecule has 0 fully saturated rings. The van der Waals surface area contributed by atoms with Gasteiger partial charge in [0.25, 0.3) is 0 Å². The Labute approximate surface area is 622 Å². The van der Waals surface area contributed by atoms with Gasteiger partial charge in [-0.05, 0) is 197 Å². The Bertz CT molecular complexity index is 7710. The van der Waals surface area contributed by atoms with Crippen molar-refractivity contribution in [2.75, 3.05) is 0 Å². The molecule has 0 aliphatic carbocycles. The fraction of sp³-hybridized carbons (Fsp3) is 0. The van der Waals surface area contributed by atoms with Crippen molar-refractivity contribution in [1.82, 2.24) is 9.13 Å². The molecule has 0 aliphatic rings. The second-order valence-electron chi connectivity index (χ2n) is 27.7. The first kappa shape index (κ1) is 61.8. The lowest BCUT2D eigenvalue weighted by Crippen LogP contribution is -2.29. The molecule has 0 unspecified atom stereocenters. The van der Waals surface area contributed by atoms with Crippen molar-refractivity contribution in [3.8, 4) is 44.8 Å². The molecule has 0 atom stereocenters. The third-order valence-electron chi connectivity index (χ3n) is 21.6. The van der Waals surface area contributed by atoms with E-state index in [9.17, 15) is 10.0 Å². The molecule has 24 rings (SSSR count). The monoisotopic (exact) mass is 1450 g/mol. The fourth-order valence-electron chi connectivity index (χ4n) is 16.5. The second kappa shape index (κ2) is 24.2. The van der Waals surface area contributed by atoms with Crippen LogP contribution in [-0.2, 0) is 0 Å². The van der Waals surface area contributed by atoms with Gasteiger partial charge in [0.2, 0.25) is 0 Å². The maximum Gasteiger partial charge on any atom is 0.488 e. The lowest BCUT2D eigenvalue weighted by Gasteiger charge is -2.07. The maximum absolute atomic E-state index is 9.35. The van der Waals surface area contributed by atoms with Gasteiger partial charge in [-0.3, -0.25) is 0 Å². The number of halogens is 1. The summed E-state index contributed by atoms with van der Waals surface area (Å²) < 4.78 is 43.5. The topological polar surface area (TPSA) is 129 Å². The van der Waals surface area contributed by atoms with Gasteiger partial charge in [0.05, 0.1) is 22.1 Å². The second-order valence-corrected chi connectivity index (χ2v) is 28.6. The number of nitrogens with zero attached hydrogens (tertiary/aromatic N) is 2. The summed E-state index contributed by atoms with van der Waals surface area (Å²) in [6.45, 7) is 0. The highest BCUT2D eigenvalue weighted by molar-refractivity contribution is 9.10. The van der Waals surface area contributed by atoms with Gasteiger partial charge in [-0.15, -0.1) is 0 Å². The zero-order valence-electron chi connectivity index (χ0n) is 57.4. The van der Waals surface area contributed by atoms with Crippen molar-refractivity contribution < 1.29 is 36.6 Å². The Morgan fingerprint density at radius 3 is 0.861 bits per heavy atom. The van der Waals surface area contributed by atoms with E-state index in [1.807, 2.05) is 48.5 Å². The van der Waals surface area contributed by atoms with Gasteiger partial charge < -0.3 is 45.7 Å². The highest BCUT2D eigenvalue weighted by Crippen LogP contribution is 2.45. The normalized spacial score (nSPS) is 12.0. The minimum absolute atomic E-state index is 0.459. The van der Waals surface area contributed by atoms with Gasteiger partial charge in [-0.25, -0.2) is 0 Å². The molecule has 0 spiro atoms. The molecule has 8 heterocycles. The summed E-state index contributed by atoms with van der Waals surface area (Å²) in [7, 11) is -1.48. The third-order valence-corrected chi connectivity index (χ3v) is 22.1. The average Bonchev–Trinajstić information content (AvgIpc) is 1.58. The molecule has 108 heavy (non-hydrogen) atoms. The van der Waals surface area contributed by atoms with Gasteiger partial charge in [-0.1, -0.05) is 186 Å². The standard InChI is InChI=1S/C48H27NO3.C30H16BrNO2.C18H13BO3/c1-2-8-28(9-3-1)29-14-20-43-38(24-29)39-26-31(15-21-44(39)50-43)30-16-22-45-37(25-30)35-18-19-36-40-27-32(17-23-46(40)52-48(36)47(35)51-45)49-41-12-6-4-10-33(41)34-11-5-7-13-42(34)49;31-17-9-13-27-23(15-17)21-11-12-22-24-16-18(10-14-28(24)34-30(22)29(21)33-27)32-25-7-3-1-5-19(25)20-6-2-4-8-26(20)32;20-19(21)14-7-9-18-16(11-14)15-10-13(6-8-17(15)22-18)12-4-2-1-3-5-12/h1-27H;1-16H;1-11,20-21H. The highest BCUT2D eigenvalue weighted by atomic mass is 79.9. The van der Waals surface area contributed by atoms with Crippen molar-refractivity contribution in [2.45, 2.75) is 0 Å². The number of para-hydroxylation sites is 4. The lowest BCUT2D eigenvalue weighted by atomic mass is 9.80. The number of furan rings is 6. The minimum atomic E-state index is -1.48. The quantitative estimate of drug-likeness (QED) is 0.158. The van der Waals surface area contributed by atoms with E-state index in [0.717, 1.165) is 170 Å². The lowest BCUT2D eigenvalue weighted by molar-refractivity contribution is 0.426. The molecule has 2 N–H and O–H groups in total. The largest absolute Gasteiger partial charge is 0.488 e. The summed E-state index contributed by atoms with van der Waals surface area (Å²) in [6.07, 6.45) is 0. The van der Waals surface area contributed by atoms with Crippen LogP contribution in [0.4, 0.5) is 0 Å². The number of aromatic nitrogens is 2. The predicted molar refractivity (Wildman–Crippen MR) is 446 cm³/mol. The fourth-order valence-corrected chi connectivity index (χ4v) is 16.8. The Morgan fingerprint density at radius 1 is 0.213 bits per heavy atom. The van der Waals surface area contributed by atoms with E-state index in [1.165, 1.54) is 54.7 Å². The van der Waals surface area contributed by atoms with Crippen molar-refractivity contribution in [3.63, 3.8) is 0 Å². The number of hydrogen-bond acceptors (Lipinski definition) is 8. The van der Waals surface area contributed by atoms with Crippen LogP contribution in [0.1, 0.15) is 0 Å². The zero-order valence-corrected chi connectivity index (χ0v) is 59.0. The van der Waals surface area contributed by atoms with Crippen LogP contribution >= 0.6 is 15.9 Å². The predicted octanol–water partition coefficient (Wildman–Crippen LogP) is 26.1. The first-order chi connectivity index (χ1) is 53.2. The van der Waals surface area contributed by atoms with E-state index in [0.29, 0.717) is 5.46 Å². The van der Waals surface area contributed by atoms with Crippen LogP contribution in [0, 0.1) is 0 Å².